The third kappa shape index (κ3) is 8.12. The Bertz CT molecular complexity index is 769. The summed E-state index contributed by atoms with van der Waals surface area (Å²) in [6.45, 7) is 4.02. The molecule has 2 aromatic carbocycles. The van der Waals surface area contributed by atoms with E-state index in [1.165, 1.54) is 18.2 Å². The van der Waals surface area contributed by atoms with Crippen molar-refractivity contribution in [2.45, 2.75) is 13.3 Å². The number of benzene rings is 2. The molecule has 4 N–H and O–H groups in total. The van der Waals surface area contributed by atoms with Crippen LogP contribution < -0.4 is 16.0 Å². The van der Waals surface area contributed by atoms with Crippen LogP contribution in [0.1, 0.15) is 22.8 Å². The van der Waals surface area contributed by atoms with Crippen LogP contribution in [-0.4, -0.2) is 43.2 Å². The summed E-state index contributed by atoms with van der Waals surface area (Å²) in [5, 5.41) is 18.3. The number of carbonyl (C=O) groups excluding carboxylic acids is 1. The zero-order valence-corrected chi connectivity index (χ0v) is 18.1. The number of aromatic hydroxyl groups is 1. The lowest BCUT2D eigenvalue weighted by molar-refractivity contribution is 0.0954. The van der Waals surface area contributed by atoms with Gasteiger partial charge in [0, 0.05) is 31.7 Å². The number of phenolic OH excluding ortho intramolecular Hbond substituents is 1. The van der Waals surface area contributed by atoms with Gasteiger partial charge in [-0.15, -0.1) is 24.0 Å². The Balaban J connectivity index is 0.00000392. The van der Waals surface area contributed by atoms with Gasteiger partial charge >= 0.3 is 0 Å². The van der Waals surface area contributed by atoms with Gasteiger partial charge in [0.1, 0.15) is 11.6 Å². The fraction of sp³-hybridized carbons (Fsp3) is 0.300. The molecule has 0 spiro atoms. The molecule has 0 unspecified atom stereocenters. The molecule has 2 aromatic rings. The number of hydrogen-bond donors (Lipinski definition) is 4. The van der Waals surface area contributed by atoms with Crippen LogP contribution in [0.4, 0.5) is 4.39 Å². The van der Waals surface area contributed by atoms with Gasteiger partial charge in [0.05, 0.1) is 0 Å². The zero-order chi connectivity index (χ0) is 19.5. The van der Waals surface area contributed by atoms with Crippen molar-refractivity contribution in [2.75, 3.05) is 26.2 Å². The van der Waals surface area contributed by atoms with Gasteiger partial charge in [-0.1, -0.05) is 18.2 Å². The molecule has 6 nitrogen and oxygen atoms in total. The molecule has 0 heterocycles. The van der Waals surface area contributed by atoms with E-state index in [9.17, 15) is 14.3 Å². The summed E-state index contributed by atoms with van der Waals surface area (Å²) in [6.07, 6.45) is 0.515. The van der Waals surface area contributed by atoms with E-state index in [4.69, 9.17) is 0 Å². The van der Waals surface area contributed by atoms with Crippen LogP contribution in [0.5, 0.6) is 5.75 Å². The molecule has 0 aromatic heterocycles. The maximum atomic E-state index is 13.6. The van der Waals surface area contributed by atoms with Crippen molar-refractivity contribution < 1.29 is 14.3 Å². The van der Waals surface area contributed by atoms with Gasteiger partial charge in [0.2, 0.25) is 0 Å². The highest BCUT2D eigenvalue weighted by molar-refractivity contribution is 14.0. The number of rotatable bonds is 8. The second-order valence-electron chi connectivity index (χ2n) is 5.83. The molecule has 0 atom stereocenters. The number of guanidine groups is 1. The van der Waals surface area contributed by atoms with Gasteiger partial charge in [-0.2, -0.15) is 0 Å². The van der Waals surface area contributed by atoms with Crippen LogP contribution in [0.15, 0.2) is 53.5 Å². The monoisotopic (exact) mass is 500 g/mol. The van der Waals surface area contributed by atoms with Crippen LogP contribution in [0.2, 0.25) is 0 Å². The highest BCUT2D eigenvalue weighted by Gasteiger charge is 2.05. The summed E-state index contributed by atoms with van der Waals surface area (Å²) < 4.78 is 13.6. The van der Waals surface area contributed by atoms with E-state index in [1.807, 2.05) is 13.0 Å². The molecule has 0 aliphatic rings. The Morgan fingerprint density at radius 2 is 1.71 bits per heavy atom. The Morgan fingerprint density at radius 1 is 1.04 bits per heavy atom. The van der Waals surface area contributed by atoms with Crippen molar-refractivity contribution in [1.82, 2.24) is 16.0 Å². The van der Waals surface area contributed by atoms with Crippen LogP contribution in [0.25, 0.3) is 0 Å². The summed E-state index contributed by atoms with van der Waals surface area (Å²) in [6, 6.07) is 12.7. The van der Waals surface area contributed by atoms with E-state index in [2.05, 4.69) is 20.9 Å². The van der Waals surface area contributed by atoms with Crippen molar-refractivity contribution in [3.8, 4) is 5.75 Å². The minimum absolute atomic E-state index is 0. The summed E-state index contributed by atoms with van der Waals surface area (Å²) in [5.74, 6) is 0.309. The predicted molar refractivity (Wildman–Crippen MR) is 120 cm³/mol. The fourth-order valence-corrected chi connectivity index (χ4v) is 2.40. The van der Waals surface area contributed by atoms with Crippen molar-refractivity contribution in [3.63, 3.8) is 0 Å². The van der Waals surface area contributed by atoms with Crippen molar-refractivity contribution in [3.05, 3.63) is 65.5 Å². The molecule has 8 heteroatoms. The van der Waals surface area contributed by atoms with Gasteiger partial charge in [-0.3, -0.25) is 9.79 Å². The number of halogens is 2. The normalized spacial score (nSPS) is 10.7. The van der Waals surface area contributed by atoms with E-state index in [0.717, 1.165) is 0 Å². The lowest BCUT2D eigenvalue weighted by Gasteiger charge is -2.12. The first-order valence-corrected chi connectivity index (χ1v) is 8.93. The minimum Gasteiger partial charge on any atom is -0.508 e. The van der Waals surface area contributed by atoms with Crippen LogP contribution in [0.3, 0.4) is 0 Å². The maximum Gasteiger partial charge on any atom is 0.251 e. The predicted octanol–water partition coefficient (Wildman–Crippen LogP) is 2.68. The number of hydrogen-bond acceptors (Lipinski definition) is 3. The SMILES string of the molecule is CCNC(=NCCc1ccccc1F)NCCNC(=O)c1ccc(O)cc1.I. The Hall–Kier alpha value is -2.36. The second kappa shape index (κ2) is 12.9. The summed E-state index contributed by atoms with van der Waals surface area (Å²) >= 11 is 0. The first-order valence-electron chi connectivity index (χ1n) is 8.93. The van der Waals surface area contributed by atoms with E-state index >= 15 is 0 Å². The van der Waals surface area contributed by atoms with Crippen LogP contribution in [0, 0.1) is 5.82 Å². The van der Waals surface area contributed by atoms with Crippen molar-refractivity contribution in [1.29, 1.82) is 0 Å². The van der Waals surface area contributed by atoms with Crippen molar-refractivity contribution >= 4 is 35.8 Å². The van der Waals surface area contributed by atoms with E-state index in [0.29, 0.717) is 49.7 Å². The van der Waals surface area contributed by atoms with E-state index in [-0.39, 0.29) is 41.5 Å². The first-order chi connectivity index (χ1) is 13.1. The number of carbonyl (C=O) groups is 1. The van der Waals surface area contributed by atoms with Gasteiger partial charge in [-0.25, -0.2) is 4.39 Å². The summed E-state index contributed by atoms with van der Waals surface area (Å²) in [5.41, 5.74) is 1.12. The largest absolute Gasteiger partial charge is 0.508 e. The average molecular weight is 500 g/mol. The number of phenols is 1. The number of amides is 1. The summed E-state index contributed by atoms with van der Waals surface area (Å²) in [7, 11) is 0. The Kier molecular flexibility index (Phi) is 10.9. The molecule has 1 amide bonds. The number of nitrogens with zero attached hydrogens (tertiary/aromatic N) is 1. The van der Waals surface area contributed by atoms with Crippen LogP contribution >= 0.6 is 24.0 Å². The first kappa shape index (κ1) is 23.7. The highest BCUT2D eigenvalue weighted by Crippen LogP contribution is 2.09. The lowest BCUT2D eigenvalue weighted by Crippen LogP contribution is -2.41. The fourth-order valence-electron chi connectivity index (χ4n) is 2.40. The molecule has 28 heavy (non-hydrogen) atoms. The summed E-state index contributed by atoms with van der Waals surface area (Å²) in [4.78, 5) is 16.4. The van der Waals surface area contributed by atoms with Crippen molar-refractivity contribution in [2.24, 2.45) is 4.99 Å². The lowest BCUT2D eigenvalue weighted by atomic mass is 10.1. The number of aliphatic imine (C=N–C) groups is 1. The second-order valence-corrected chi connectivity index (χ2v) is 5.83. The molecule has 0 saturated heterocycles. The molecule has 0 aliphatic carbocycles. The molecule has 0 aliphatic heterocycles. The third-order valence-corrected chi connectivity index (χ3v) is 3.79. The molecule has 2 rings (SSSR count). The zero-order valence-electron chi connectivity index (χ0n) is 15.7. The Morgan fingerprint density at radius 3 is 2.39 bits per heavy atom. The van der Waals surface area contributed by atoms with Gasteiger partial charge in [-0.05, 0) is 49.2 Å². The molecule has 0 saturated carbocycles. The quantitative estimate of drug-likeness (QED) is 0.194. The van der Waals surface area contributed by atoms with Gasteiger partial charge < -0.3 is 21.1 Å². The van der Waals surface area contributed by atoms with E-state index in [1.54, 1.807) is 24.3 Å². The Labute approximate surface area is 181 Å². The average Bonchev–Trinajstić information content (AvgIpc) is 2.67. The maximum absolute atomic E-state index is 13.6. The smallest absolute Gasteiger partial charge is 0.251 e. The van der Waals surface area contributed by atoms with Gasteiger partial charge in [0.25, 0.3) is 5.91 Å². The number of nitrogens with one attached hydrogen (secondary N) is 3. The highest BCUT2D eigenvalue weighted by atomic mass is 127. The molecule has 0 fully saturated rings. The molecular formula is C20H26FIN4O2. The molecule has 0 bridgehead atoms. The third-order valence-electron chi connectivity index (χ3n) is 3.79. The standard InChI is InChI=1S/C20H25FN4O2.HI/c1-2-22-20(24-12-11-15-5-3-4-6-18(15)21)25-14-13-23-19(27)16-7-9-17(26)10-8-16;/h3-10,26H,2,11-14H2,1H3,(H,23,27)(H2,22,24,25);1H. The minimum atomic E-state index is -0.220. The van der Waals surface area contributed by atoms with Crippen LogP contribution in [-0.2, 0) is 6.42 Å². The topological polar surface area (TPSA) is 85.8 Å². The molecular weight excluding hydrogens is 474 g/mol. The van der Waals surface area contributed by atoms with Gasteiger partial charge in [0.15, 0.2) is 5.96 Å². The molecule has 0 radical (unpaired) electrons. The van der Waals surface area contributed by atoms with E-state index < -0.39 is 0 Å². The molecule has 152 valence electrons.